The molecule has 0 aromatic carbocycles. The van der Waals surface area contributed by atoms with E-state index in [1.807, 2.05) is 14.8 Å². The lowest BCUT2D eigenvalue weighted by Crippen LogP contribution is -2.30. The summed E-state index contributed by atoms with van der Waals surface area (Å²) >= 11 is 3.16. The molecule has 0 N–H and O–H groups in total. The van der Waals surface area contributed by atoms with Gasteiger partial charge in [0.2, 0.25) is 5.91 Å². The van der Waals surface area contributed by atoms with E-state index in [1.165, 1.54) is 11.3 Å². The highest BCUT2D eigenvalue weighted by molar-refractivity contribution is 7.98. The fraction of sp³-hybridized carbons (Fsp3) is 0.571. The van der Waals surface area contributed by atoms with E-state index in [2.05, 4.69) is 29.0 Å². The van der Waals surface area contributed by atoms with Gasteiger partial charge < -0.3 is 4.57 Å². The van der Waals surface area contributed by atoms with Crippen molar-refractivity contribution in [3.8, 4) is 0 Å². The molecule has 2 heterocycles. The van der Waals surface area contributed by atoms with Crippen LogP contribution in [0, 0.1) is 0 Å². The molecule has 0 bridgehead atoms. The molecule has 0 saturated heterocycles. The largest absolute Gasteiger partial charge is 0.306 e. The van der Waals surface area contributed by atoms with Gasteiger partial charge >= 0.3 is 0 Å². The zero-order chi connectivity index (χ0) is 15.7. The van der Waals surface area contributed by atoms with Crippen molar-refractivity contribution in [2.24, 2.45) is 0 Å². The quantitative estimate of drug-likeness (QED) is 0.758. The van der Waals surface area contributed by atoms with Gasteiger partial charge in [-0.25, -0.2) is 4.98 Å². The summed E-state index contributed by atoms with van der Waals surface area (Å²) in [6.45, 7) is 5.82. The zero-order valence-electron chi connectivity index (χ0n) is 12.9. The zero-order valence-corrected chi connectivity index (χ0v) is 14.5. The first-order chi connectivity index (χ1) is 10.6. The average Bonchev–Trinajstić information content (AvgIpc) is 3.00. The van der Waals surface area contributed by atoms with E-state index >= 15 is 0 Å². The monoisotopic (exact) mass is 337 g/mol. The van der Waals surface area contributed by atoms with Gasteiger partial charge in [-0.15, -0.1) is 21.5 Å². The maximum atomic E-state index is 11.8. The number of hydrogen-bond donors (Lipinski definition) is 0. The molecule has 1 aliphatic rings. The fourth-order valence-corrected chi connectivity index (χ4v) is 4.16. The van der Waals surface area contributed by atoms with Crippen LogP contribution in [0.2, 0.25) is 0 Å². The number of thioether (sulfide) groups is 1. The van der Waals surface area contributed by atoms with E-state index < -0.39 is 0 Å². The molecule has 1 fully saturated rings. The lowest BCUT2D eigenvalue weighted by atomic mass is 10.4. The minimum absolute atomic E-state index is 0.0793. The van der Waals surface area contributed by atoms with E-state index in [4.69, 9.17) is 0 Å². The molecular formula is C14H19N5OS2. The van der Waals surface area contributed by atoms with Crippen LogP contribution in [0.4, 0.5) is 5.13 Å². The van der Waals surface area contributed by atoms with E-state index in [-0.39, 0.29) is 5.91 Å². The molecule has 1 aliphatic carbocycles. The molecule has 1 saturated carbocycles. The molecule has 0 aliphatic heterocycles. The Labute approximate surface area is 137 Å². The summed E-state index contributed by atoms with van der Waals surface area (Å²) in [7, 11) is 0. The standard InChI is InChI=1S/C14H19N5OS2/c1-9(2)18-8-15-17-14(18)22-7-11-6-21-13(16-11)19(10(3)20)12-4-5-12/h6,8-9,12H,4-5,7H2,1-3H3. The smallest absolute Gasteiger partial charge is 0.225 e. The number of anilines is 1. The number of hydrogen-bond acceptors (Lipinski definition) is 6. The van der Waals surface area contributed by atoms with Crippen LogP contribution in [0.15, 0.2) is 16.9 Å². The number of carbonyl (C=O) groups excluding carboxylic acids is 1. The maximum Gasteiger partial charge on any atom is 0.225 e. The molecule has 2 aromatic rings. The second kappa shape index (κ2) is 6.37. The maximum absolute atomic E-state index is 11.8. The number of carbonyl (C=O) groups is 1. The molecular weight excluding hydrogens is 318 g/mol. The number of amides is 1. The molecule has 0 atom stereocenters. The van der Waals surface area contributed by atoms with Gasteiger partial charge in [0.15, 0.2) is 10.3 Å². The summed E-state index contributed by atoms with van der Waals surface area (Å²) < 4.78 is 2.05. The van der Waals surface area contributed by atoms with Crippen LogP contribution >= 0.6 is 23.1 Å². The summed E-state index contributed by atoms with van der Waals surface area (Å²) in [4.78, 5) is 18.2. The van der Waals surface area contributed by atoms with Gasteiger partial charge in [0.1, 0.15) is 6.33 Å². The van der Waals surface area contributed by atoms with E-state index in [0.717, 1.165) is 34.6 Å². The van der Waals surface area contributed by atoms with Crippen molar-refractivity contribution >= 4 is 34.1 Å². The number of nitrogens with zero attached hydrogens (tertiary/aromatic N) is 5. The summed E-state index contributed by atoms with van der Waals surface area (Å²) in [6, 6.07) is 0.694. The van der Waals surface area contributed by atoms with Crippen LogP contribution in [-0.2, 0) is 10.5 Å². The highest BCUT2D eigenvalue weighted by Gasteiger charge is 2.33. The van der Waals surface area contributed by atoms with E-state index in [0.29, 0.717) is 12.1 Å². The Hall–Kier alpha value is -1.41. The Morgan fingerprint density at radius 1 is 1.55 bits per heavy atom. The molecule has 1 amide bonds. The SMILES string of the molecule is CC(=O)N(c1nc(CSc2nncn2C(C)C)cs1)C1CC1. The Bertz CT molecular complexity index is 662. The lowest BCUT2D eigenvalue weighted by molar-refractivity contribution is -0.116. The highest BCUT2D eigenvalue weighted by atomic mass is 32.2. The van der Waals surface area contributed by atoms with Gasteiger partial charge in [0.25, 0.3) is 0 Å². The van der Waals surface area contributed by atoms with Crippen LogP contribution in [0.1, 0.15) is 45.3 Å². The normalized spacial score (nSPS) is 14.5. The van der Waals surface area contributed by atoms with Crippen molar-refractivity contribution in [3.05, 3.63) is 17.4 Å². The van der Waals surface area contributed by atoms with Gasteiger partial charge in [0, 0.05) is 30.1 Å². The first-order valence-corrected chi connectivity index (χ1v) is 9.19. The molecule has 0 unspecified atom stereocenters. The summed E-state index contributed by atoms with van der Waals surface area (Å²) in [5, 5.41) is 11.9. The first kappa shape index (κ1) is 15.5. The van der Waals surface area contributed by atoms with Crippen molar-refractivity contribution < 1.29 is 4.79 Å². The Balaban J connectivity index is 1.66. The van der Waals surface area contributed by atoms with Crippen molar-refractivity contribution in [2.45, 2.75) is 56.6 Å². The van der Waals surface area contributed by atoms with Crippen LogP contribution < -0.4 is 4.90 Å². The van der Waals surface area contributed by atoms with E-state index in [1.54, 1.807) is 25.0 Å². The van der Waals surface area contributed by atoms with Crippen LogP contribution in [0.5, 0.6) is 0 Å². The first-order valence-electron chi connectivity index (χ1n) is 7.32. The van der Waals surface area contributed by atoms with Gasteiger partial charge in [-0.1, -0.05) is 11.8 Å². The topological polar surface area (TPSA) is 63.9 Å². The summed E-state index contributed by atoms with van der Waals surface area (Å²) in [6.07, 6.45) is 3.92. The molecule has 22 heavy (non-hydrogen) atoms. The number of rotatable bonds is 6. The minimum atomic E-state index is 0.0793. The molecule has 118 valence electrons. The average molecular weight is 337 g/mol. The third-order valence-electron chi connectivity index (χ3n) is 3.44. The molecule has 3 rings (SSSR count). The molecule has 8 heteroatoms. The predicted molar refractivity (Wildman–Crippen MR) is 88.3 cm³/mol. The summed E-state index contributed by atoms with van der Waals surface area (Å²) in [5.74, 6) is 0.814. The Morgan fingerprint density at radius 3 is 2.95 bits per heavy atom. The molecule has 6 nitrogen and oxygen atoms in total. The molecule has 0 spiro atoms. The van der Waals surface area contributed by atoms with E-state index in [9.17, 15) is 4.79 Å². The molecule has 2 aromatic heterocycles. The third-order valence-corrected chi connectivity index (χ3v) is 5.32. The van der Waals surface area contributed by atoms with Crippen molar-refractivity contribution in [2.75, 3.05) is 4.90 Å². The van der Waals surface area contributed by atoms with Crippen molar-refractivity contribution in [3.63, 3.8) is 0 Å². The minimum Gasteiger partial charge on any atom is -0.306 e. The van der Waals surface area contributed by atoms with Crippen LogP contribution in [0.25, 0.3) is 0 Å². The van der Waals surface area contributed by atoms with Gasteiger partial charge in [-0.3, -0.25) is 9.69 Å². The molecule has 0 radical (unpaired) electrons. The Morgan fingerprint density at radius 2 is 2.32 bits per heavy atom. The highest BCUT2D eigenvalue weighted by Crippen LogP contribution is 2.34. The summed E-state index contributed by atoms with van der Waals surface area (Å²) in [5.41, 5.74) is 0.982. The van der Waals surface area contributed by atoms with Gasteiger partial charge in [0.05, 0.1) is 5.69 Å². The number of thiazole rings is 1. The van der Waals surface area contributed by atoms with Gasteiger partial charge in [-0.2, -0.15) is 0 Å². The van der Waals surface area contributed by atoms with Crippen LogP contribution in [0.3, 0.4) is 0 Å². The number of aromatic nitrogens is 4. The van der Waals surface area contributed by atoms with Crippen molar-refractivity contribution in [1.82, 2.24) is 19.7 Å². The Kier molecular flexibility index (Phi) is 4.49. The predicted octanol–water partition coefficient (Wildman–Crippen LogP) is 3.12. The second-order valence-corrected chi connectivity index (χ2v) is 7.42. The van der Waals surface area contributed by atoms with Crippen LogP contribution in [-0.4, -0.2) is 31.7 Å². The lowest BCUT2D eigenvalue weighted by Gasteiger charge is -2.16. The van der Waals surface area contributed by atoms with Crippen molar-refractivity contribution in [1.29, 1.82) is 0 Å². The fourth-order valence-electron chi connectivity index (χ4n) is 2.18. The van der Waals surface area contributed by atoms with Gasteiger partial charge in [-0.05, 0) is 26.7 Å². The second-order valence-electron chi connectivity index (χ2n) is 5.64. The third kappa shape index (κ3) is 3.33.